The van der Waals surface area contributed by atoms with Crippen molar-refractivity contribution in [3.63, 3.8) is 0 Å². The number of hydrogen-bond donors (Lipinski definition) is 2. The van der Waals surface area contributed by atoms with Crippen LogP contribution in [0.2, 0.25) is 0 Å². The lowest BCUT2D eigenvalue weighted by molar-refractivity contribution is 0.110. The Morgan fingerprint density at radius 2 is 2.29 bits per heavy atom. The normalized spacial score (nSPS) is 15.3. The Kier molecular flexibility index (Phi) is 2.30. The minimum atomic E-state index is -0.969. The van der Waals surface area contributed by atoms with E-state index in [1.807, 2.05) is 17.5 Å². The van der Waals surface area contributed by atoms with Crippen LogP contribution in [0.3, 0.4) is 0 Å². The van der Waals surface area contributed by atoms with Gasteiger partial charge in [-0.25, -0.2) is 4.98 Å². The average Bonchev–Trinajstić information content (AvgIpc) is 2.72. The van der Waals surface area contributed by atoms with E-state index in [-0.39, 0.29) is 0 Å². The molecule has 2 rings (SSSR count). The van der Waals surface area contributed by atoms with Crippen molar-refractivity contribution in [3.8, 4) is 0 Å². The number of thiophene rings is 1. The quantitative estimate of drug-likeness (QED) is 0.824. The second kappa shape index (κ2) is 3.34. The van der Waals surface area contributed by atoms with Crippen LogP contribution >= 0.6 is 22.7 Å². The van der Waals surface area contributed by atoms with Gasteiger partial charge in [-0.2, -0.15) is 0 Å². The second-order valence-corrected chi connectivity index (χ2v) is 5.12. The van der Waals surface area contributed by atoms with Gasteiger partial charge in [0.05, 0.1) is 4.88 Å². The van der Waals surface area contributed by atoms with Crippen molar-refractivity contribution < 1.29 is 5.11 Å². The summed E-state index contributed by atoms with van der Waals surface area (Å²) in [4.78, 5) is 5.61. The highest BCUT2D eigenvalue weighted by molar-refractivity contribution is 7.16. The lowest BCUT2D eigenvalue weighted by Crippen LogP contribution is -2.19. The molecule has 1 atom stereocenters. The van der Waals surface area contributed by atoms with Crippen molar-refractivity contribution in [2.45, 2.75) is 12.5 Å². The van der Waals surface area contributed by atoms with Crippen molar-refractivity contribution in [2.75, 3.05) is 5.73 Å². The van der Waals surface area contributed by atoms with E-state index in [0.29, 0.717) is 5.13 Å². The highest BCUT2D eigenvalue weighted by Crippen LogP contribution is 2.35. The number of nitrogens with zero attached hydrogens (tertiary/aromatic N) is 1. The minimum Gasteiger partial charge on any atom is -0.379 e. The number of nitrogens with two attached hydrogens (primary N) is 1. The molecule has 0 saturated carbocycles. The fraction of sp³-hybridized carbons (Fsp3) is 0.222. The van der Waals surface area contributed by atoms with Crippen molar-refractivity contribution in [3.05, 3.63) is 33.5 Å². The third-order valence-corrected chi connectivity index (χ3v) is 4.12. The maximum absolute atomic E-state index is 10.3. The lowest BCUT2D eigenvalue weighted by Gasteiger charge is -2.19. The van der Waals surface area contributed by atoms with E-state index in [1.165, 1.54) is 22.7 Å². The summed E-state index contributed by atoms with van der Waals surface area (Å²) in [5.41, 5.74) is 4.56. The SMILES string of the molecule is CC(O)(c1cccs1)c1cnc(N)s1. The summed E-state index contributed by atoms with van der Waals surface area (Å²) in [6.45, 7) is 1.76. The van der Waals surface area contributed by atoms with Gasteiger partial charge in [-0.15, -0.1) is 11.3 Å². The Balaban J connectivity index is 2.42. The van der Waals surface area contributed by atoms with Crippen LogP contribution < -0.4 is 5.73 Å². The summed E-state index contributed by atoms with van der Waals surface area (Å²) in [5.74, 6) is 0. The van der Waals surface area contributed by atoms with E-state index in [1.54, 1.807) is 13.1 Å². The van der Waals surface area contributed by atoms with Crippen LogP contribution in [0.1, 0.15) is 16.7 Å². The summed E-state index contributed by atoms with van der Waals surface area (Å²) in [6.07, 6.45) is 1.62. The number of aliphatic hydroxyl groups is 1. The van der Waals surface area contributed by atoms with E-state index in [0.717, 1.165) is 9.75 Å². The molecule has 0 aliphatic carbocycles. The van der Waals surface area contributed by atoms with Crippen molar-refractivity contribution >= 4 is 27.8 Å². The van der Waals surface area contributed by atoms with Gasteiger partial charge in [0, 0.05) is 11.1 Å². The van der Waals surface area contributed by atoms with Crippen LogP contribution in [-0.2, 0) is 5.60 Å². The Hall–Kier alpha value is -0.910. The Morgan fingerprint density at radius 3 is 2.79 bits per heavy atom. The maximum atomic E-state index is 10.3. The number of aromatic nitrogens is 1. The Labute approximate surface area is 89.9 Å². The molecule has 3 nitrogen and oxygen atoms in total. The Morgan fingerprint density at radius 1 is 1.50 bits per heavy atom. The summed E-state index contributed by atoms with van der Waals surface area (Å²) < 4.78 is 0. The Bertz CT molecular complexity index is 420. The van der Waals surface area contributed by atoms with Gasteiger partial charge in [-0.3, -0.25) is 0 Å². The van der Waals surface area contributed by atoms with Gasteiger partial charge in [0.2, 0.25) is 0 Å². The van der Waals surface area contributed by atoms with Crippen LogP contribution in [0.5, 0.6) is 0 Å². The molecule has 0 aliphatic heterocycles. The molecular weight excluding hydrogens is 216 g/mol. The fourth-order valence-corrected chi connectivity index (χ4v) is 2.80. The summed E-state index contributed by atoms with van der Waals surface area (Å²) in [7, 11) is 0. The summed E-state index contributed by atoms with van der Waals surface area (Å²) in [6, 6.07) is 3.82. The molecule has 0 radical (unpaired) electrons. The van der Waals surface area contributed by atoms with Crippen LogP contribution in [0.15, 0.2) is 23.7 Å². The first-order chi connectivity index (χ1) is 6.60. The zero-order valence-electron chi connectivity index (χ0n) is 7.60. The first-order valence-corrected chi connectivity index (χ1v) is 5.78. The molecule has 3 N–H and O–H groups in total. The second-order valence-electron chi connectivity index (χ2n) is 3.11. The van der Waals surface area contributed by atoms with Gasteiger partial charge in [-0.1, -0.05) is 17.4 Å². The number of hydrogen-bond acceptors (Lipinski definition) is 5. The molecule has 2 aromatic heterocycles. The molecule has 74 valence electrons. The molecule has 14 heavy (non-hydrogen) atoms. The number of anilines is 1. The maximum Gasteiger partial charge on any atom is 0.180 e. The van der Waals surface area contributed by atoms with Gasteiger partial charge in [0.25, 0.3) is 0 Å². The predicted octanol–water partition coefficient (Wildman–Crippen LogP) is 2.04. The van der Waals surface area contributed by atoms with Gasteiger partial charge < -0.3 is 10.8 Å². The molecule has 0 aliphatic rings. The van der Waals surface area contributed by atoms with Crippen LogP contribution in [0.4, 0.5) is 5.13 Å². The number of rotatable bonds is 2. The molecule has 5 heteroatoms. The third kappa shape index (κ3) is 1.54. The topological polar surface area (TPSA) is 59.1 Å². The molecule has 0 bridgehead atoms. The van der Waals surface area contributed by atoms with Gasteiger partial charge in [0.1, 0.15) is 5.60 Å². The van der Waals surface area contributed by atoms with Crippen molar-refractivity contribution in [1.29, 1.82) is 0 Å². The molecule has 2 aromatic rings. The van der Waals surface area contributed by atoms with Gasteiger partial charge >= 0.3 is 0 Å². The molecule has 0 fully saturated rings. The molecule has 0 amide bonds. The zero-order valence-corrected chi connectivity index (χ0v) is 9.23. The van der Waals surface area contributed by atoms with Crippen molar-refractivity contribution in [2.24, 2.45) is 0 Å². The van der Waals surface area contributed by atoms with Crippen LogP contribution in [-0.4, -0.2) is 10.1 Å². The largest absolute Gasteiger partial charge is 0.379 e. The summed E-state index contributed by atoms with van der Waals surface area (Å²) in [5, 5.41) is 12.7. The average molecular weight is 226 g/mol. The standard InChI is InChI=1S/C9H10N2OS2/c1-9(12,6-3-2-4-13-6)7-5-11-8(10)14-7/h2-5,12H,1H3,(H2,10,11). The number of nitrogen functional groups attached to an aromatic ring is 1. The third-order valence-electron chi connectivity index (χ3n) is 2.00. The van der Waals surface area contributed by atoms with Crippen LogP contribution in [0.25, 0.3) is 0 Å². The number of thiazole rings is 1. The highest BCUT2D eigenvalue weighted by Gasteiger charge is 2.28. The van der Waals surface area contributed by atoms with Crippen molar-refractivity contribution in [1.82, 2.24) is 4.98 Å². The van der Waals surface area contributed by atoms with E-state index in [4.69, 9.17) is 5.73 Å². The first kappa shape index (κ1) is 9.64. The molecule has 0 aromatic carbocycles. The van der Waals surface area contributed by atoms with E-state index in [2.05, 4.69) is 4.98 Å². The lowest BCUT2D eigenvalue weighted by atomic mass is 10.0. The van der Waals surface area contributed by atoms with E-state index in [9.17, 15) is 5.11 Å². The predicted molar refractivity (Wildman–Crippen MR) is 59.5 cm³/mol. The monoisotopic (exact) mass is 226 g/mol. The smallest absolute Gasteiger partial charge is 0.180 e. The molecule has 2 heterocycles. The van der Waals surface area contributed by atoms with Crippen LogP contribution in [0, 0.1) is 0 Å². The van der Waals surface area contributed by atoms with E-state index < -0.39 is 5.60 Å². The molecule has 0 spiro atoms. The fourth-order valence-electron chi connectivity index (χ4n) is 1.19. The molecular formula is C9H10N2OS2. The van der Waals surface area contributed by atoms with Gasteiger partial charge in [-0.05, 0) is 18.4 Å². The zero-order chi connectivity index (χ0) is 10.2. The van der Waals surface area contributed by atoms with E-state index >= 15 is 0 Å². The highest BCUT2D eigenvalue weighted by atomic mass is 32.1. The minimum absolute atomic E-state index is 0.483. The summed E-state index contributed by atoms with van der Waals surface area (Å²) >= 11 is 2.84. The van der Waals surface area contributed by atoms with Gasteiger partial charge in [0.15, 0.2) is 5.13 Å². The molecule has 1 unspecified atom stereocenters. The molecule has 0 saturated heterocycles. The first-order valence-electron chi connectivity index (χ1n) is 4.09.